The minimum absolute atomic E-state index is 0. The lowest BCUT2D eigenvalue weighted by Gasteiger charge is -2.33. The van der Waals surface area contributed by atoms with Crippen LogP contribution in [0.2, 0.25) is 0 Å². The summed E-state index contributed by atoms with van der Waals surface area (Å²) >= 11 is 0. The summed E-state index contributed by atoms with van der Waals surface area (Å²) in [7, 11) is 4.05. The summed E-state index contributed by atoms with van der Waals surface area (Å²) in [5, 5.41) is 8.23. The molecular weight excluding hydrogens is 499 g/mol. The summed E-state index contributed by atoms with van der Waals surface area (Å²) in [4.78, 5) is 14.2. The molecule has 1 aromatic heterocycles. The molecule has 1 aliphatic rings. The Morgan fingerprint density at radius 3 is 2.61 bits per heavy atom. The molecule has 0 aliphatic carbocycles. The fourth-order valence-corrected chi connectivity index (χ4v) is 3.89. The van der Waals surface area contributed by atoms with Gasteiger partial charge in [0.15, 0.2) is 5.96 Å². The van der Waals surface area contributed by atoms with Crippen molar-refractivity contribution in [3.8, 4) is 0 Å². The van der Waals surface area contributed by atoms with Crippen LogP contribution in [0.1, 0.15) is 32.3 Å². The summed E-state index contributed by atoms with van der Waals surface area (Å²) < 4.78 is 0. The van der Waals surface area contributed by atoms with Gasteiger partial charge in [-0.1, -0.05) is 30.4 Å². The van der Waals surface area contributed by atoms with Crippen molar-refractivity contribution in [3.63, 3.8) is 0 Å². The Bertz CT molecular complexity index is 887. The Kier molecular flexibility index (Phi) is 10.0. The van der Waals surface area contributed by atoms with Gasteiger partial charge in [0.1, 0.15) is 5.82 Å². The second-order valence-electron chi connectivity index (χ2n) is 8.40. The molecule has 2 heterocycles. The number of piperidine rings is 1. The highest BCUT2D eigenvalue weighted by Gasteiger charge is 2.19. The molecule has 0 saturated carbocycles. The van der Waals surface area contributed by atoms with Crippen LogP contribution in [0.25, 0.3) is 10.9 Å². The van der Waals surface area contributed by atoms with E-state index in [1.807, 2.05) is 25.1 Å². The van der Waals surface area contributed by atoms with E-state index < -0.39 is 0 Å². The van der Waals surface area contributed by atoms with E-state index in [2.05, 4.69) is 60.2 Å². The first-order chi connectivity index (χ1) is 14.5. The van der Waals surface area contributed by atoms with Gasteiger partial charge in [-0.25, -0.2) is 9.98 Å². The first-order valence-corrected chi connectivity index (χ1v) is 10.9. The molecule has 31 heavy (non-hydrogen) atoms. The van der Waals surface area contributed by atoms with Crippen molar-refractivity contribution < 1.29 is 0 Å². The van der Waals surface area contributed by atoms with Crippen molar-refractivity contribution in [2.75, 3.05) is 45.2 Å². The molecule has 7 heteroatoms. The number of rotatable bonds is 7. The van der Waals surface area contributed by atoms with Gasteiger partial charge in [-0.05, 0) is 44.4 Å². The van der Waals surface area contributed by atoms with Crippen LogP contribution in [-0.4, -0.2) is 62.2 Å². The van der Waals surface area contributed by atoms with Gasteiger partial charge in [0.05, 0.1) is 12.1 Å². The van der Waals surface area contributed by atoms with Crippen molar-refractivity contribution >= 4 is 46.7 Å². The Hall–Kier alpha value is -1.87. The quantitative estimate of drug-likeness (QED) is 0.243. The van der Waals surface area contributed by atoms with E-state index in [-0.39, 0.29) is 24.0 Å². The van der Waals surface area contributed by atoms with Crippen molar-refractivity contribution in [1.82, 2.24) is 20.5 Å². The molecule has 0 bridgehead atoms. The minimum Gasteiger partial charge on any atom is -0.363 e. The number of nitrogens with one attached hydrogen (secondary N) is 2. The standard InChI is InChI=1S/C24H36N6.HI/c1-6-25-24(27-20-11-13-30(14-12-20)17-18(2)3)26-16-19-15-23(29(4)5)28-22-10-8-7-9-21(19)22;/h7-10,15,20H,2,6,11-14,16-17H2,1,3-5H3,(H2,25,26,27);1H. The summed E-state index contributed by atoms with van der Waals surface area (Å²) in [5.74, 6) is 1.85. The molecule has 0 amide bonds. The number of halogens is 1. The smallest absolute Gasteiger partial charge is 0.191 e. The number of anilines is 1. The number of fused-ring (bicyclic) bond motifs is 1. The van der Waals surface area contributed by atoms with Gasteiger partial charge >= 0.3 is 0 Å². The van der Waals surface area contributed by atoms with Gasteiger partial charge in [0.25, 0.3) is 0 Å². The Morgan fingerprint density at radius 1 is 1.26 bits per heavy atom. The molecule has 6 nitrogen and oxygen atoms in total. The number of aromatic nitrogens is 1. The zero-order valence-electron chi connectivity index (χ0n) is 19.3. The largest absolute Gasteiger partial charge is 0.363 e. The van der Waals surface area contributed by atoms with Crippen LogP contribution >= 0.6 is 24.0 Å². The van der Waals surface area contributed by atoms with E-state index in [1.165, 1.54) is 11.1 Å². The van der Waals surface area contributed by atoms with E-state index in [1.54, 1.807) is 0 Å². The van der Waals surface area contributed by atoms with Crippen molar-refractivity contribution in [2.45, 2.75) is 39.3 Å². The number of para-hydroxylation sites is 1. The highest BCUT2D eigenvalue weighted by Crippen LogP contribution is 2.22. The third-order valence-corrected chi connectivity index (χ3v) is 5.42. The minimum atomic E-state index is 0. The van der Waals surface area contributed by atoms with Crippen LogP contribution in [0, 0.1) is 0 Å². The number of hydrogen-bond donors (Lipinski definition) is 2. The van der Waals surface area contributed by atoms with Gasteiger partial charge in [0.2, 0.25) is 0 Å². The maximum atomic E-state index is 4.92. The molecule has 1 fully saturated rings. The zero-order chi connectivity index (χ0) is 21.5. The Morgan fingerprint density at radius 2 is 1.97 bits per heavy atom. The number of pyridine rings is 1. The predicted molar refractivity (Wildman–Crippen MR) is 144 cm³/mol. The number of hydrogen-bond acceptors (Lipinski definition) is 4. The van der Waals surface area contributed by atoms with Crippen molar-refractivity contribution in [1.29, 1.82) is 0 Å². The van der Waals surface area contributed by atoms with Crippen LogP contribution in [0.4, 0.5) is 5.82 Å². The molecule has 3 rings (SSSR count). The molecular formula is C24H37IN6. The topological polar surface area (TPSA) is 55.8 Å². The normalized spacial score (nSPS) is 15.4. The van der Waals surface area contributed by atoms with Crippen LogP contribution in [0.15, 0.2) is 47.5 Å². The first kappa shape index (κ1) is 25.4. The summed E-state index contributed by atoms with van der Waals surface area (Å²) in [6.45, 7) is 12.9. The summed E-state index contributed by atoms with van der Waals surface area (Å²) in [6, 6.07) is 10.9. The molecule has 170 valence electrons. The van der Waals surface area contributed by atoms with Gasteiger partial charge < -0.3 is 15.5 Å². The van der Waals surface area contributed by atoms with Crippen LogP contribution < -0.4 is 15.5 Å². The highest BCUT2D eigenvalue weighted by molar-refractivity contribution is 14.0. The third kappa shape index (κ3) is 7.35. The van der Waals surface area contributed by atoms with E-state index in [0.29, 0.717) is 12.6 Å². The molecule has 2 N–H and O–H groups in total. The highest BCUT2D eigenvalue weighted by atomic mass is 127. The number of guanidine groups is 1. The molecule has 0 spiro atoms. The first-order valence-electron chi connectivity index (χ1n) is 10.9. The second-order valence-corrected chi connectivity index (χ2v) is 8.40. The monoisotopic (exact) mass is 536 g/mol. The Balaban J connectivity index is 0.00000341. The molecule has 1 saturated heterocycles. The van der Waals surface area contributed by atoms with Crippen molar-refractivity contribution in [3.05, 3.63) is 48.0 Å². The fraction of sp³-hybridized carbons (Fsp3) is 0.500. The average molecular weight is 537 g/mol. The molecule has 1 aromatic carbocycles. The number of benzene rings is 1. The number of aliphatic imine (C=N–C) groups is 1. The zero-order valence-corrected chi connectivity index (χ0v) is 21.6. The van der Waals surface area contributed by atoms with Crippen molar-refractivity contribution in [2.24, 2.45) is 4.99 Å². The Labute approximate surface area is 204 Å². The molecule has 1 aliphatic heterocycles. The van der Waals surface area contributed by atoms with Crippen LogP contribution in [0.5, 0.6) is 0 Å². The lowest BCUT2D eigenvalue weighted by molar-refractivity contribution is 0.221. The second kappa shape index (κ2) is 12.2. The lowest BCUT2D eigenvalue weighted by atomic mass is 10.0. The summed E-state index contributed by atoms with van der Waals surface area (Å²) in [5.41, 5.74) is 3.44. The lowest BCUT2D eigenvalue weighted by Crippen LogP contribution is -2.48. The maximum absolute atomic E-state index is 4.92. The van der Waals surface area contributed by atoms with E-state index in [9.17, 15) is 0 Å². The SMILES string of the molecule is C=C(C)CN1CCC(NC(=NCc2cc(N(C)C)nc3ccccc23)NCC)CC1.I. The number of nitrogens with zero attached hydrogens (tertiary/aromatic N) is 4. The van der Waals surface area contributed by atoms with Gasteiger partial charge in [0, 0.05) is 51.7 Å². The molecule has 0 unspecified atom stereocenters. The molecule has 0 radical (unpaired) electrons. The van der Waals surface area contributed by atoms with Gasteiger partial charge in [-0.2, -0.15) is 0 Å². The maximum Gasteiger partial charge on any atom is 0.191 e. The molecule has 2 aromatic rings. The third-order valence-electron chi connectivity index (χ3n) is 5.42. The van der Waals surface area contributed by atoms with Gasteiger partial charge in [-0.15, -0.1) is 24.0 Å². The fourth-order valence-electron chi connectivity index (χ4n) is 3.89. The van der Waals surface area contributed by atoms with Gasteiger partial charge in [-0.3, -0.25) is 4.90 Å². The van der Waals surface area contributed by atoms with Crippen LogP contribution in [0.3, 0.4) is 0 Å². The number of likely N-dealkylation sites (tertiary alicyclic amines) is 1. The average Bonchev–Trinajstić information content (AvgIpc) is 2.72. The van der Waals surface area contributed by atoms with Crippen LogP contribution in [-0.2, 0) is 6.54 Å². The predicted octanol–water partition coefficient (Wildman–Crippen LogP) is 4.01. The van der Waals surface area contributed by atoms with E-state index in [4.69, 9.17) is 9.98 Å². The van der Waals surface area contributed by atoms with E-state index >= 15 is 0 Å². The van der Waals surface area contributed by atoms with E-state index in [0.717, 1.165) is 61.7 Å². The molecule has 0 atom stereocenters. The summed E-state index contributed by atoms with van der Waals surface area (Å²) in [6.07, 6.45) is 2.25.